The van der Waals surface area contributed by atoms with E-state index in [4.69, 9.17) is 14.2 Å². The molecule has 0 radical (unpaired) electrons. The molecule has 4 rings (SSSR count). The Morgan fingerprint density at radius 1 is 1.03 bits per heavy atom. The minimum atomic E-state index is -0.616. The molecule has 2 aromatic carbocycles. The van der Waals surface area contributed by atoms with Crippen LogP contribution in [0.1, 0.15) is 28.4 Å². The number of para-hydroxylation sites is 1. The topological polar surface area (TPSA) is 66.8 Å². The highest BCUT2D eigenvalue weighted by Crippen LogP contribution is 2.38. The molecule has 4 aromatic rings. The van der Waals surface area contributed by atoms with E-state index < -0.39 is 5.97 Å². The minimum Gasteiger partial charge on any atom is -0.497 e. The molecule has 0 saturated heterocycles. The number of esters is 1. The van der Waals surface area contributed by atoms with Gasteiger partial charge < -0.3 is 18.8 Å². The molecule has 170 valence electrons. The van der Waals surface area contributed by atoms with Crippen LogP contribution in [0.3, 0.4) is 0 Å². The average molecular weight is 464 g/mol. The van der Waals surface area contributed by atoms with Gasteiger partial charge in [0.25, 0.3) is 0 Å². The number of aryl methyl sites for hydroxylation is 1. The molecule has 0 N–H and O–H groups in total. The Morgan fingerprint density at radius 2 is 1.76 bits per heavy atom. The Morgan fingerprint density at radius 3 is 2.42 bits per heavy atom. The lowest BCUT2D eigenvalue weighted by molar-refractivity contribution is 0.0524. The fraction of sp³-hybridized carbons (Fsp3) is 0.231. The summed E-state index contributed by atoms with van der Waals surface area (Å²) in [6, 6.07) is 15.4. The molecule has 0 fully saturated rings. The summed E-state index contributed by atoms with van der Waals surface area (Å²) in [6.45, 7) is 4.28. The molecule has 0 unspecified atom stereocenters. The molecule has 0 bridgehead atoms. The van der Waals surface area contributed by atoms with Gasteiger partial charge in [0.15, 0.2) is 0 Å². The molecule has 33 heavy (non-hydrogen) atoms. The Bertz CT molecular complexity index is 1370. The fourth-order valence-electron chi connectivity index (χ4n) is 3.88. The van der Waals surface area contributed by atoms with Gasteiger partial charge in [-0.3, -0.25) is 4.79 Å². The lowest BCUT2D eigenvalue weighted by atomic mass is 10.1. The van der Waals surface area contributed by atoms with E-state index in [1.54, 1.807) is 27.3 Å². The number of carbonyl (C=O) groups is 1. The van der Waals surface area contributed by atoms with Crippen molar-refractivity contribution in [2.24, 2.45) is 0 Å². The normalized spacial score (nSPS) is 10.9. The molecule has 7 heteroatoms. The van der Waals surface area contributed by atoms with E-state index in [-0.39, 0.29) is 17.6 Å². The first-order valence-electron chi connectivity index (χ1n) is 10.6. The summed E-state index contributed by atoms with van der Waals surface area (Å²) in [5.74, 6) is 0.887. The van der Waals surface area contributed by atoms with Crippen molar-refractivity contribution in [2.45, 2.75) is 20.4 Å². The van der Waals surface area contributed by atoms with Crippen molar-refractivity contribution in [1.29, 1.82) is 0 Å². The summed E-state index contributed by atoms with van der Waals surface area (Å²) in [5.41, 5.74) is 2.48. The molecule has 2 aromatic heterocycles. The van der Waals surface area contributed by atoms with Gasteiger partial charge in [-0.1, -0.05) is 18.2 Å². The van der Waals surface area contributed by atoms with Crippen molar-refractivity contribution in [2.75, 3.05) is 20.8 Å². The van der Waals surface area contributed by atoms with Crippen molar-refractivity contribution in [3.8, 4) is 21.9 Å². The van der Waals surface area contributed by atoms with Gasteiger partial charge in [0.05, 0.1) is 32.8 Å². The predicted molar refractivity (Wildman–Crippen MR) is 131 cm³/mol. The Kier molecular flexibility index (Phi) is 6.51. The lowest BCUT2D eigenvalue weighted by Crippen LogP contribution is -2.21. The summed E-state index contributed by atoms with van der Waals surface area (Å²) in [4.78, 5) is 27.8. The van der Waals surface area contributed by atoms with Gasteiger partial charge in [0.2, 0.25) is 5.43 Å². The molecule has 0 saturated carbocycles. The maximum Gasteiger partial charge on any atom is 0.343 e. The van der Waals surface area contributed by atoms with Gasteiger partial charge >= 0.3 is 5.97 Å². The van der Waals surface area contributed by atoms with Crippen LogP contribution in [0.2, 0.25) is 0 Å². The minimum absolute atomic E-state index is 0.0291. The summed E-state index contributed by atoms with van der Waals surface area (Å²) in [5, 5.41) is 0.534. The SMILES string of the molecule is CCOC(=O)c1cn(Cc2ccccc2OC)c2sc(-c3ccc(OC)cc3)c(C)c2c1=O. The zero-order valence-corrected chi connectivity index (χ0v) is 19.8. The van der Waals surface area contributed by atoms with Crippen LogP contribution >= 0.6 is 11.3 Å². The molecule has 0 aliphatic carbocycles. The molecule has 6 nitrogen and oxygen atoms in total. The van der Waals surface area contributed by atoms with Crippen LogP contribution in [0.15, 0.2) is 59.5 Å². The molecule has 2 heterocycles. The highest BCUT2D eigenvalue weighted by molar-refractivity contribution is 7.22. The van der Waals surface area contributed by atoms with Gasteiger partial charge in [-0.25, -0.2) is 4.79 Å². The number of pyridine rings is 1. The number of hydrogen-bond donors (Lipinski definition) is 0. The summed E-state index contributed by atoms with van der Waals surface area (Å²) in [6.07, 6.45) is 1.60. The third kappa shape index (κ3) is 4.24. The Hall–Kier alpha value is -3.58. The highest BCUT2D eigenvalue weighted by atomic mass is 32.1. The summed E-state index contributed by atoms with van der Waals surface area (Å²) >= 11 is 1.53. The fourth-order valence-corrected chi connectivity index (χ4v) is 5.17. The zero-order valence-electron chi connectivity index (χ0n) is 19.0. The molecule has 0 amide bonds. The molecule has 0 spiro atoms. The molecular formula is C26H25NO5S. The third-order valence-electron chi connectivity index (χ3n) is 5.53. The molecule has 0 aliphatic rings. The number of rotatable bonds is 7. The first-order valence-corrected chi connectivity index (χ1v) is 11.4. The quantitative estimate of drug-likeness (QED) is 0.349. The smallest absolute Gasteiger partial charge is 0.343 e. The number of nitrogens with zero attached hydrogens (tertiary/aromatic N) is 1. The van der Waals surface area contributed by atoms with Crippen LogP contribution in [0.4, 0.5) is 0 Å². The maximum absolute atomic E-state index is 13.4. The van der Waals surface area contributed by atoms with E-state index in [1.165, 1.54) is 11.3 Å². The van der Waals surface area contributed by atoms with Gasteiger partial charge in [-0.2, -0.15) is 0 Å². The first-order chi connectivity index (χ1) is 16.0. The van der Waals surface area contributed by atoms with E-state index in [0.717, 1.165) is 37.9 Å². The largest absolute Gasteiger partial charge is 0.497 e. The van der Waals surface area contributed by atoms with Crippen LogP contribution in [-0.2, 0) is 11.3 Å². The number of thiophene rings is 1. The number of benzene rings is 2. The van der Waals surface area contributed by atoms with Gasteiger partial charge in [-0.15, -0.1) is 11.3 Å². The third-order valence-corrected chi connectivity index (χ3v) is 6.90. The lowest BCUT2D eigenvalue weighted by Gasteiger charge is -2.13. The average Bonchev–Trinajstić information content (AvgIpc) is 3.19. The predicted octanol–water partition coefficient (Wildman–Crippen LogP) is 5.28. The molecule has 0 atom stereocenters. The van der Waals surface area contributed by atoms with Gasteiger partial charge in [-0.05, 0) is 55.3 Å². The van der Waals surface area contributed by atoms with E-state index in [0.29, 0.717) is 11.9 Å². The number of carbonyl (C=O) groups excluding carboxylic acids is 1. The van der Waals surface area contributed by atoms with E-state index in [9.17, 15) is 9.59 Å². The molecule has 0 aliphatic heterocycles. The number of methoxy groups -OCH3 is 2. The first kappa shape index (κ1) is 22.6. The highest BCUT2D eigenvalue weighted by Gasteiger charge is 2.22. The van der Waals surface area contributed by atoms with E-state index >= 15 is 0 Å². The van der Waals surface area contributed by atoms with E-state index in [1.807, 2.05) is 60.0 Å². The van der Waals surface area contributed by atoms with E-state index in [2.05, 4.69) is 0 Å². The van der Waals surface area contributed by atoms with Crippen LogP contribution < -0.4 is 14.9 Å². The standard InChI is InChI=1S/C26H25NO5S/c1-5-32-26(29)20-15-27(14-18-8-6-7-9-21(18)31-4)25-22(23(20)28)16(2)24(33-25)17-10-12-19(30-3)13-11-17/h6-13,15H,5,14H2,1-4H3. The van der Waals surface area contributed by atoms with Crippen molar-refractivity contribution < 1.29 is 19.0 Å². The number of ether oxygens (including phenoxy) is 3. The zero-order chi connectivity index (χ0) is 23.5. The number of hydrogen-bond acceptors (Lipinski definition) is 6. The van der Waals surface area contributed by atoms with Crippen molar-refractivity contribution >= 4 is 27.5 Å². The number of aromatic nitrogens is 1. The van der Waals surface area contributed by atoms with Crippen molar-refractivity contribution in [3.05, 3.63) is 81.6 Å². The van der Waals surface area contributed by atoms with Crippen molar-refractivity contribution in [1.82, 2.24) is 4.57 Å². The van der Waals surface area contributed by atoms with Crippen LogP contribution in [0, 0.1) is 6.92 Å². The van der Waals surface area contributed by atoms with Crippen molar-refractivity contribution in [3.63, 3.8) is 0 Å². The van der Waals surface area contributed by atoms with Gasteiger partial charge in [0.1, 0.15) is 21.9 Å². The summed E-state index contributed by atoms with van der Waals surface area (Å²) in [7, 11) is 3.25. The molecular weight excluding hydrogens is 438 g/mol. The van der Waals surface area contributed by atoms with Crippen LogP contribution in [0.25, 0.3) is 20.7 Å². The van der Waals surface area contributed by atoms with Crippen LogP contribution in [-0.4, -0.2) is 31.4 Å². The Labute approximate surface area is 196 Å². The monoisotopic (exact) mass is 463 g/mol. The Balaban J connectivity index is 1.95. The second kappa shape index (κ2) is 9.50. The van der Waals surface area contributed by atoms with Crippen LogP contribution in [0.5, 0.6) is 11.5 Å². The summed E-state index contributed by atoms with van der Waals surface area (Å²) < 4.78 is 17.9. The second-order valence-electron chi connectivity index (χ2n) is 7.50. The second-order valence-corrected chi connectivity index (χ2v) is 8.50. The van der Waals surface area contributed by atoms with Gasteiger partial charge in [0, 0.05) is 16.6 Å². The maximum atomic E-state index is 13.4. The number of fused-ring (bicyclic) bond motifs is 1.